The van der Waals surface area contributed by atoms with Crippen LogP contribution in [0.4, 0.5) is 0 Å². The monoisotopic (exact) mass is 253 g/mol. The largest absolute Gasteiger partial charge is 0.311 e. The van der Waals surface area contributed by atoms with Crippen LogP contribution in [0.5, 0.6) is 0 Å². The van der Waals surface area contributed by atoms with Crippen LogP contribution in [0.15, 0.2) is 0 Å². The number of nitrogens with zero attached hydrogens (tertiary/aromatic N) is 2. The van der Waals surface area contributed by atoms with Gasteiger partial charge >= 0.3 is 0 Å². The Morgan fingerprint density at radius 2 is 1.72 bits per heavy atom. The fourth-order valence-electron chi connectivity index (χ4n) is 3.48. The SMILES string of the molecule is CC(NC1CCN(C)C(C)C1)C1CCN(C)CC1. The summed E-state index contributed by atoms with van der Waals surface area (Å²) in [6, 6.07) is 2.17. The Bertz CT molecular complexity index is 248. The van der Waals surface area contributed by atoms with Crippen molar-refractivity contribution in [3.05, 3.63) is 0 Å². The van der Waals surface area contributed by atoms with Crippen LogP contribution in [0.3, 0.4) is 0 Å². The molecule has 0 bridgehead atoms. The van der Waals surface area contributed by atoms with E-state index in [0.717, 1.165) is 18.0 Å². The van der Waals surface area contributed by atoms with Crippen molar-refractivity contribution in [2.24, 2.45) is 5.92 Å². The van der Waals surface area contributed by atoms with E-state index in [1.54, 1.807) is 0 Å². The van der Waals surface area contributed by atoms with E-state index in [2.05, 4.69) is 43.1 Å². The third-order valence-corrected chi connectivity index (χ3v) is 5.18. The first-order chi connectivity index (χ1) is 8.56. The van der Waals surface area contributed by atoms with E-state index in [4.69, 9.17) is 0 Å². The number of piperidine rings is 2. The van der Waals surface area contributed by atoms with Gasteiger partial charge in [0.1, 0.15) is 0 Å². The lowest BCUT2D eigenvalue weighted by Crippen LogP contribution is -2.50. The first kappa shape index (κ1) is 14.3. The van der Waals surface area contributed by atoms with Gasteiger partial charge in [-0.05, 0) is 79.2 Å². The molecule has 1 N–H and O–H groups in total. The van der Waals surface area contributed by atoms with E-state index in [1.165, 1.54) is 45.3 Å². The van der Waals surface area contributed by atoms with Gasteiger partial charge in [0.25, 0.3) is 0 Å². The van der Waals surface area contributed by atoms with Crippen molar-refractivity contribution in [3.63, 3.8) is 0 Å². The molecule has 2 aliphatic heterocycles. The smallest absolute Gasteiger partial charge is 0.00966 e. The molecule has 3 nitrogen and oxygen atoms in total. The molecule has 2 rings (SSSR count). The predicted molar refractivity (Wildman–Crippen MR) is 77.9 cm³/mol. The summed E-state index contributed by atoms with van der Waals surface area (Å²) in [6.45, 7) is 8.56. The summed E-state index contributed by atoms with van der Waals surface area (Å²) in [5, 5.41) is 3.91. The summed E-state index contributed by atoms with van der Waals surface area (Å²) < 4.78 is 0. The molecule has 0 radical (unpaired) electrons. The van der Waals surface area contributed by atoms with Gasteiger partial charge in [-0.25, -0.2) is 0 Å². The maximum atomic E-state index is 3.91. The minimum absolute atomic E-state index is 0.694. The molecule has 3 atom stereocenters. The Balaban J connectivity index is 1.75. The zero-order chi connectivity index (χ0) is 13.1. The van der Waals surface area contributed by atoms with Crippen LogP contribution >= 0.6 is 0 Å². The van der Waals surface area contributed by atoms with E-state index >= 15 is 0 Å². The minimum Gasteiger partial charge on any atom is -0.311 e. The van der Waals surface area contributed by atoms with Crippen molar-refractivity contribution in [1.82, 2.24) is 15.1 Å². The third kappa shape index (κ3) is 3.69. The summed E-state index contributed by atoms with van der Waals surface area (Å²) in [5.41, 5.74) is 0. The average molecular weight is 253 g/mol. The van der Waals surface area contributed by atoms with Crippen LogP contribution in [-0.2, 0) is 0 Å². The molecule has 0 spiro atoms. The van der Waals surface area contributed by atoms with Crippen LogP contribution in [0, 0.1) is 5.92 Å². The van der Waals surface area contributed by atoms with E-state index in [-0.39, 0.29) is 0 Å². The topological polar surface area (TPSA) is 18.5 Å². The lowest BCUT2D eigenvalue weighted by atomic mass is 9.89. The van der Waals surface area contributed by atoms with Crippen LogP contribution in [-0.4, -0.2) is 61.7 Å². The molecule has 0 aromatic heterocycles. The summed E-state index contributed by atoms with van der Waals surface area (Å²) >= 11 is 0. The zero-order valence-electron chi connectivity index (χ0n) is 12.7. The zero-order valence-corrected chi connectivity index (χ0v) is 12.7. The van der Waals surface area contributed by atoms with Crippen LogP contribution < -0.4 is 5.32 Å². The van der Waals surface area contributed by atoms with Gasteiger partial charge in [0.2, 0.25) is 0 Å². The Kier molecular flexibility index (Phi) is 5.05. The van der Waals surface area contributed by atoms with Gasteiger partial charge in [-0.3, -0.25) is 0 Å². The molecular weight excluding hydrogens is 222 g/mol. The molecule has 0 aromatic rings. The van der Waals surface area contributed by atoms with Crippen molar-refractivity contribution in [2.75, 3.05) is 33.7 Å². The summed E-state index contributed by atoms with van der Waals surface area (Å²) in [5.74, 6) is 0.885. The molecule has 3 unspecified atom stereocenters. The highest BCUT2D eigenvalue weighted by atomic mass is 15.1. The normalized spacial score (nSPS) is 34.7. The molecule has 0 amide bonds. The van der Waals surface area contributed by atoms with Gasteiger partial charge in [0.05, 0.1) is 0 Å². The molecule has 2 heterocycles. The highest BCUT2D eigenvalue weighted by molar-refractivity contribution is 4.86. The Hall–Kier alpha value is -0.120. The number of hydrogen-bond donors (Lipinski definition) is 1. The molecule has 2 fully saturated rings. The summed E-state index contributed by atoms with van der Waals surface area (Å²) in [4.78, 5) is 4.94. The second-order valence-corrected chi connectivity index (χ2v) is 6.65. The predicted octanol–water partition coefficient (Wildman–Crippen LogP) is 1.79. The van der Waals surface area contributed by atoms with Crippen molar-refractivity contribution >= 4 is 0 Å². The molecule has 2 aliphatic rings. The van der Waals surface area contributed by atoms with Crippen LogP contribution in [0.25, 0.3) is 0 Å². The molecule has 106 valence electrons. The van der Waals surface area contributed by atoms with E-state index in [1.807, 2.05) is 0 Å². The molecule has 18 heavy (non-hydrogen) atoms. The highest BCUT2D eigenvalue weighted by Crippen LogP contribution is 2.22. The Labute approximate surface area is 113 Å². The molecule has 0 aromatic carbocycles. The minimum atomic E-state index is 0.694. The first-order valence-electron chi connectivity index (χ1n) is 7.71. The first-order valence-corrected chi connectivity index (χ1v) is 7.71. The van der Waals surface area contributed by atoms with E-state index in [9.17, 15) is 0 Å². The molecule has 0 aliphatic carbocycles. The number of rotatable bonds is 3. The van der Waals surface area contributed by atoms with Gasteiger partial charge in [0.15, 0.2) is 0 Å². The molecule has 2 saturated heterocycles. The van der Waals surface area contributed by atoms with Crippen molar-refractivity contribution in [1.29, 1.82) is 0 Å². The number of nitrogens with one attached hydrogen (secondary N) is 1. The molecular formula is C15H31N3. The standard InChI is InChI=1S/C15H31N3/c1-12-11-15(7-10-18(12)4)16-13(2)14-5-8-17(3)9-6-14/h12-16H,5-11H2,1-4H3. The fraction of sp³-hybridized carbons (Fsp3) is 1.00. The molecule has 0 saturated carbocycles. The second kappa shape index (κ2) is 6.36. The average Bonchev–Trinajstić information content (AvgIpc) is 2.34. The van der Waals surface area contributed by atoms with Crippen LogP contribution in [0.2, 0.25) is 0 Å². The fourth-order valence-corrected chi connectivity index (χ4v) is 3.48. The third-order valence-electron chi connectivity index (χ3n) is 5.18. The lowest BCUT2D eigenvalue weighted by molar-refractivity contribution is 0.140. The lowest BCUT2D eigenvalue weighted by Gasteiger charge is -2.39. The van der Waals surface area contributed by atoms with Gasteiger partial charge in [-0.2, -0.15) is 0 Å². The molecule has 3 heteroatoms. The van der Waals surface area contributed by atoms with Crippen molar-refractivity contribution in [2.45, 2.75) is 57.7 Å². The van der Waals surface area contributed by atoms with Gasteiger partial charge in [0, 0.05) is 18.1 Å². The maximum Gasteiger partial charge on any atom is 0.00966 e. The number of hydrogen-bond acceptors (Lipinski definition) is 3. The maximum absolute atomic E-state index is 3.91. The van der Waals surface area contributed by atoms with Crippen molar-refractivity contribution in [3.8, 4) is 0 Å². The summed E-state index contributed by atoms with van der Waals surface area (Å²) in [7, 11) is 4.49. The Morgan fingerprint density at radius 1 is 1.06 bits per heavy atom. The van der Waals surface area contributed by atoms with Gasteiger partial charge in [-0.1, -0.05) is 0 Å². The quantitative estimate of drug-likeness (QED) is 0.827. The van der Waals surface area contributed by atoms with Crippen LogP contribution in [0.1, 0.15) is 39.5 Å². The Morgan fingerprint density at radius 3 is 2.33 bits per heavy atom. The van der Waals surface area contributed by atoms with Gasteiger partial charge < -0.3 is 15.1 Å². The van der Waals surface area contributed by atoms with E-state index < -0.39 is 0 Å². The summed E-state index contributed by atoms with van der Waals surface area (Å²) in [6.07, 6.45) is 5.37. The highest BCUT2D eigenvalue weighted by Gasteiger charge is 2.27. The number of likely N-dealkylation sites (tertiary alicyclic amines) is 2. The van der Waals surface area contributed by atoms with Gasteiger partial charge in [-0.15, -0.1) is 0 Å². The van der Waals surface area contributed by atoms with E-state index in [0.29, 0.717) is 6.04 Å². The van der Waals surface area contributed by atoms with Crippen molar-refractivity contribution < 1.29 is 0 Å². The second-order valence-electron chi connectivity index (χ2n) is 6.65.